The number of carbonyl (C=O) groups is 4. The number of hydrogen-bond acceptors (Lipinski definition) is 6. The Kier molecular flexibility index (Phi) is 6.16. The predicted octanol–water partition coefficient (Wildman–Crippen LogP) is 2.62. The van der Waals surface area contributed by atoms with Gasteiger partial charge >= 0.3 is 11.9 Å². The van der Waals surface area contributed by atoms with Crippen LogP contribution in [0.4, 0.5) is 0 Å². The summed E-state index contributed by atoms with van der Waals surface area (Å²) in [6.07, 6.45) is 0. The maximum atomic E-state index is 13.3. The molecule has 9 heteroatoms. The lowest BCUT2D eigenvalue weighted by Crippen LogP contribution is -2.71. The monoisotopic (exact) mass is 482 g/mol. The van der Waals surface area contributed by atoms with E-state index in [2.05, 4.69) is 5.32 Å². The summed E-state index contributed by atoms with van der Waals surface area (Å²) >= 11 is 1.32. The number of aryl methyl sites for hydroxylation is 2. The highest BCUT2D eigenvalue weighted by Gasteiger charge is 2.64. The molecule has 2 amide bonds. The summed E-state index contributed by atoms with van der Waals surface area (Å²) < 4.78 is 4.87. The molecule has 4 rings (SSSR count). The number of carboxylic acid groups (broad SMARTS) is 1. The number of aliphatic carboxylic acids is 1. The number of esters is 1. The van der Waals surface area contributed by atoms with Gasteiger partial charge in [-0.25, -0.2) is 4.79 Å². The zero-order chi connectivity index (χ0) is 24.8. The van der Waals surface area contributed by atoms with Crippen LogP contribution in [0.15, 0.2) is 48.5 Å². The molecule has 2 aliphatic rings. The van der Waals surface area contributed by atoms with Crippen molar-refractivity contribution < 1.29 is 29.0 Å². The molecule has 2 aromatic carbocycles. The van der Waals surface area contributed by atoms with Crippen LogP contribution in [0.2, 0.25) is 0 Å². The van der Waals surface area contributed by atoms with Gasteiger partial charge in [0, 0.05) is 4.75 Å². The second kappa shape index (κ2) is 8.79. The standard InChI is InChI=1S/C25H26N2O6S/c1-13-10-11-16(14(2)12-13)33-24(32)17(15-8-6-5-7-9-15)20(28)26-18-21(29)27-19(23(30)31)25(3,4)34-22(18)27/h5-12,17-19,22H,1-4H3,(H,26,28)(H,30,31)/t17?,18?,19?,22-/m0/s1. The molecular weight excluding hydrogens is 456 g/mol. The molecule has 0 aromatic heterocycles. The van der Waals surface area contributed by atoms with Gasteiger partial charge in [-0.2, -0.15) is 0 Å². The molecule has 0 spiro atoms. The average molecular weight is 483 g/mol. The number of fused-ring (bicyclic) bond motifs is 1. The van der Waals surface area contributed by atoms with Crippen LogP contribution >= 0.6 is 11.8 Å². The van der Waals surface area contributed by atoms with Crippen molar-refractivity contribution >= 4 is 35.5 Å². The molecule has 34 heavy (non-hydrogen) atoms. The second-order valence-corrected chi connectivity index (χ2v) is 10.9. The first-order valence-corrected chi connectivity index (χ1v) is 11.8. The normalized spacial score (nSPS) is 23.5. The number of hydrogen-bond donors (Lipinski definition) is 2. The van der Waals surface area contributed by atoms with Crippen LogP contribution in [-0.2, 0) is 19.2 Å². The highest BCUT2D eigenvalue weighted by Crippen LogP contribution is 2.50. The molecule has 0 saturated carbocycles. The maximum absolute atomic E-state index is 13.3. The molecule has 8 nitrogen and oxygen atoms in total. The fraction of sp³-hybridized carbons (Fsp3) is 0.360. The summed E-state index contributed by atoms with van der Waals surface area (Å²) in [6, 6.07) is 12.0. The first-order valence-electron chi connectivity index (χ1n) is 10.9. The smallest absolute Gasteiger partial charge is 0.328 e. The predicted molar refractivity (Wildman–Crippen MR) is 126 cm³/mol. The number of β-lactam (4-membered cyclic amide) rings is 1. The Labute approximate surface area is 201 Å². The molecule has 3 unspecified atom stereocenters. The van der Waals surface area contributed by atoms with Gasteiger partial charge in [-0.1, -0.05) is 48.0 Å². The van der Waals surface area contributed by atoms with Crippen LogP contribution in [0.5, 0.6) is 5.75 Å². The molecule has 2 saturated heterocycles. The molecule has 2 heterocycles. The summed E-state index contributed by atoms with van der Waals surface area (Å²) in [6.45, 7) is 7.26. The molecule has 4 atom stereocenters. The Morgan fingerprint density at radius 2 is 1.79 bits per heavy atom. The number of nitrogens with one attached hydrogen (secondary N) is 1. The van der Waals surface area contributed by atoms with Crippen LogP contribution in [0, 0.1) is 13.8 Å². The SMILES string of the molecule is Cc1ccc(OC(=O)C(C(=O)NC2C(=O)N3C(C(=O)O)C(C)(C)S[C@@H]23)c2ccccc2)c(C)c1. The van der Waals surface area contributed by atoms with E-state index < -0.39 is 51.9 Å². The van der Waals surface area contributed by atoms with Gasteiger partial charge in [0.1, 0.15) is 23.2 Å². The number of carbonyl (C=O) groups excluding carboxylic acids is 3. The number of carboxylic acids is 1. The van der Waals surface area contributed by atoms with E-state index in [0.29, 0.717) is 11.3 Å². The third kappa shape index (κ3) is 4.16. The summed E-state index contributed by atoms with van der Waals surface area (Å²) in [7, 11) is 0. The van der Waals surface area contributed by atoms with Crippen LogP contribution < -0.4 is 10.1 Å². The van der Waals surface area contributed by atoms with E-state index in [-0.39, 0.29) is 0 Å². The van der Waals surface area contributed by atoms with E-state index >= 15 is 0 Å². The van der Waals surface area contributed by atoms with Crippen molar-refractivity contribution in [1.82, 2.24) is 10.2 Å². The third-order valence-electron chi connectivity index (χ3n) is 6.14. The quantitative estimate of drug-likeness (QED) is 0.282. The van der Waals surface area contributed by atoms with E-state index in [1.807, 2.05) is 26.0 Å². The number of benzene rings is 2. The van der Waals surface area contributed by atoms with Gasteiger partial charge in [0.25, 0.3) is 0 Å². The zero-order valence-electron chi connectivity index (χ0n) is 19.3. The van der Waals surface area contributed by atoms with Crippen molar-refractivity contribution in [1.29, 1.82) is 0 Å². The first-order chi connectivity index (χ1) is 16.0. The summed E-state index contributed by atoms with van der Waals surface area (Å²) in [4.78, 5) is 52.3. The van der Waals surface area contributed by atoms with E-state index in [4.69, 9.17) is 4.74 Å². The Balaban J connectivity index is 1.56. The lowest BCUT2D eigenvalue weighted by molar-refractivity contribution is -0.161. The van der Waals surface area contributed by atoms with E-state index in [1.165, 1.54) is 16.7 Å². The zero-order valence-corrected chi connectivity index (χ0v) is 20.1. The van der Waals surface area contributed by atoms with Gasteiger partial charge < -0.3 is 20.1 Å². The van der Waals surface area contributed by atoms with Gasteiger partial charge in [-0.05, 0) is 44.9 Å². The van der Waals surface area contributed by atoms with Crippen molar-refractivity contribution in [2.45, 2.75) is 55.8 Å². The van der Waals surface area contributed by atoms with Gasteiger partial charge in [-0.3, -0.25) is 14.4 Å². The van der Waals surface area contributed by atoms with E-state index in [9.17, 15) is 24.3 Å². The number of rotatable bonds is 6. The van der Waals surface area contributed by atoms with Gasteiger partial charge in [-0.15, -0.1) is 11.8 Å². The summed E-state index contributed by atoms with van der Waals surface area (Å²) in [5.74, 6) is -3.93. The molecule has 0 radical (unpaired) electrons. The average Bonchev–Trinajstić information content (AvgIpc) is 3.03. The van der Waals surface area contributed by atoms with Crippen molar-refractivity contribution in [2.24, 2.45) is 0 Å². The second-order valence-electron chi connectivity index (χ2n) is 9.12. The maximum Gasteiger partial charge on any atom is 0.328 e. The largest absolute Gasteiger partial charge is 0.480 e. The lowest BCUT2D eigenvalue weighted by atomic mass is 9.94. The topological polar surface area (TPSA) is 113 Å². The fourth-order valence-corrected chi connectivity index (χ4v) is 6.13. The Morgan fingerprint density at radius 3 is 2.41 bits per heavy atom. The Hall–Kier alpha value is -3.33. The molecule has 2 aliphatic heterocycles. The van der Waals surface area contributed by atoms with Crippen LogP contribution in [0.25, 0.3) is 0 Å². The molecular formula is C25H26N2O6S. The number of nitrogens with zero attached hydrogens (tertiary/aromatic N) is 1. The van der Waals surface area contributed by atoms with Crippen molar-refractivity contribution in [3.05, 3.63) is 65.2 Å². The Morgan fingerprint density at radius 1 is 1.12 bits per heavy atom. The van der Waals surface area contributed by atoms with Crippen molar-refractivity contribution in [2.75, 3.05) is 0 Å². The minimum Gasteiger partial charge on any atom is -0.480 e. The highest BCUT2D eigenvalue weighted by atomic mass is 32.2. The van der Waals surface area contributed by atoms with Crippen LogP contribution in [0.1, 0.15) is 36.5 Å². The minimum absolute atomic E-state index is 0.354. The number of thioether (sulfide) groups is 1. The molecule has 2 fully saturated rings. The summed E-state index contributed by atoms with van der Waals surface area (Å²) in [5, 5.41) is 11.8. The van der Waals surface area contributed by atoms with E-state index in [1.54, 1.807) is 50.2 Å². The summed E-state index contributed by atoms with van der Waals surface area (Å²) in [5.41, 5.74) is 2.20. The fourth-order valence-electron chi connectivity index (χ4n) is 4.50. The van der Waals surface area contributed by atoms with Crippen molar-refractivity contribution in [3.8, 4) is 5.75 Å². The molecule has 0 aliphatic carbocycles. The van der Waals surface area contributed by atoms with Crippen LogP contribution in [0.3, 0.4) is 0 Å². The molecule has 0 bridgehead atoms. The van der Waals surface area contributed by atoms with Crippen LogP contribution in [-0.4, -0.2) is 56.0 Å². The van der Waals surface area contributed by atoms with Gasteiger partial charge in [0.2, 0.25) is 11.8 Å². The third-order valence-corrected chi connectivity index (χ3v) is 7.72. The highest BCUT2D eigenvalue weighted by molar-refractivity contribution is 8.01. The number of ether oxygens (including phenoxy) is 1. The van der Waals surface area contributed by atoms with Gasteiger partial charge in [0.05, 0.1) is 0 Å². The van der Waals surface area contributed by atoms with Crippen molar-refractivity contribution in [3.63, 3.8) is 0 Å². The minimum atomic E-state index is -1.29. The molecule has 2 N–H and O–H groups in total. The Bertz CT molecular complexity index is 1170. The molecule has 178 valence electrons. The van der Waals surface area contributed by atoms with Gasteiger partial charge in [0.15, 0.2) is 5.92 Å². The lowest BCUT2D eigenvalue weighted by Gasteiger charge is -2.43. The number of amides is 2. The van der Waals surface area contributed by atoms with E-state index in [0.717, 1.165) is 11.1 Å². The molecule has 2 aromatic rings. The first kappa shape index (κ1) is 23.8.